The van der Waals surface area contributed by atoms with Gasteiger partial charge in [0.2, 0.25) is 7.85 Å². The van der Waals surface area contributed by atoms with Crippen molar-refractivity contribution in [2.75, 3.05) is 17.7 Å². The summed E-state index contributed by atoms with van der Waals surface area (Å²) in [5.74, 6) is -0.291. The molecule has 2 aromatic rings. The second kappa shape index (κ2) is 6.74. The molecule has 26 heavy (non-hydrogen) atoms. The number of nitro groups is 1. The molecule has 0 aromatic heterocycles. The summed E-state index contributed by atoms with van der Waals surface area (Å²) >= 11 is 5.99. The van der Waals surface area contributed by atoms with Gasteiger partial charge in [-0.3, -0.25) is 20.3 Å². The Bertz CT molecular complexity index is 1030. The number of alkyl halides is 1. The summed E-state index contributed by atoms with van der Waals surface area (Å²) in [4.78, 5) is 23.6. The van der Waals surface area contributed by atoms with Gasteiger partial charge in [-0.2, -0.15) is 0 Å². The SMILES string of the molecule is BC(=O)NNS(=O)(=O)c1ccc2c3c(cc([N+](=O)[O-])c2c1)NCC3CCl. The summed E-state index contributed by atoms with van der Waals surface area (Å²) in [7, 11) is -2.92. The molecule has 0 spiro atoms. The number of carbonyl (C=O) groups excluding carboxylic acids is 1. The molecule has 12 heteroatoms. The van der Waals surface area contributed by atoms with Crippen molar-refractivity contribution in [3.63, 3.8) is 0 Å². The van der Waals surface area contributed by atoms with Crippen molar-refractivity contribution < 1.29 is 18.1 Å². The topological polar surface area (TPSA) is 130 Å². The van der Waals surface area contributed by atoms with Crippen LogP contribution in [0.1, 0.15) is 11.5 Å². The number of hydrogen-bond acceptors (Lipinski definition) is 6. The highest BCUT2D eigenvalue weighted by Gasteiger charge is 2.29. The largest absolute Gasteiger partial charge is 0.384 e. The lowest BCUT2D eigenvalue weighted by Crippen LogP contribution is -2.40. The van der Waals surface area contributed by atoms with E-state index in [1.807, 2.05) is 10.3 Å². The van der Waals surface area contributed by atoms with Crippen molar-refractivity contribution in [3.05, 3.63) is 39.9 Å². The zero-order valence-corrected chi connectivity index (χ0v) is 15.1. The average Bonchev–Trinajstić information content (AvgIpc) is 3.02. The summed E-state index contributed by atoms with van der Waals surface area (Å²) in [6.07, 6.45) is 0. The molecule has 0 aliphatic carbocycles. The number of hydrazine groups is 1. The van der Waals surface area contributed by atoms with Gasteiger partial charge in [0.15, 0.2) is 5.81 Å². The Labute approximate surface area is 154 Å². The fourth-order valence-corrected chi connectivity index (χ4v) is 4.16. The van der Waals surface area contributed by atoms with Crippen molar-refractivity contribution in [3.8, 4) is 0 Å². The van der Waals surface area contributed by atoms with Crippen LogP contribution in [0.5, 0.6) is 0 Å². The van der Waals surface area contributed by atoms with Gasteiger partial charge in [0.05, 0.1) is 15.2 Å². The fraction of sp³-hybridized carbons (Fsp3) is 0.214. The number of non-ortho nitro benzene ring substituents is 1. The Kier molecular flexibility index (Phi) is 4.78. The minimum Gasteiger partial charge on any atom is -0.384 e. The number of rotatable bonds is 5. The molecule has 3 rings (SSSR count). The van der Waals surface area contributed by atoms with Gasteiger partial charge in [-0.15, -0.1) is 16.4 Å². The normalized spacial score (nSPS) is 16.1. The Hall–Kier alpha value is -2.37. The number of benzene rings is 2. The summed E-state index contributed by atoms with van der Waals surface area (Å²) in [5, 5.41) is 15.3. The molecular formula is C14H14BClN4O5S. The monoisotopic (exact) mass is 396 g/mol. The predicted molar refractivity (Wildman–Crippen MR) is 100.0 cm³/mol. The molecule has 0 bridgehead atoms. The van der Waals surface area contributed by atoms with Gasteiger partial charge in [-0.05, 0) is 23.1 Å². The maximum atomic E-state index is 12.3. The van der Waals surface area contributed by atoms with Gasteiger partial charge < -0.3 is 5.32 Å². The number of halogens is 1. The highest BCUT2D eigenvalue weighted by atomic mass is 35.5. The van der Waals surface area contributed by atoms with Crippen LogP contribution in [0, 0.1) is 10.1 Å². The number of nitro benzene ring substituents is 1. The number of nitrogens with zero attached hydrogens (tertiary/aromatic N) is 1. The maximum Gasteiger partial charge on any atom is 0.279 e. The van der Waals surface area contributed by atoms with Crippen molar-refractivity contribution in [1.29, 1.82) is 0 Å². The summed E-state index contributed by atoms with van der Waals surface area (Å²) < 4.78 is 24.6. The van der Waals surface area contributed by atoms with Crippen LogP contribution >= 0.6 is 11.6 Å². The van der Waals surface area contributed by atoms with Gasteiger partial charge in [0.1, 0.15) is 0 Å². The third-order valence-electron chi connectivity index (χ3n) is 4.13. The molecule has 0 saturated carbocycles. The highest BCUT2D eigenvalue weighted by molar-refractivity contribution is 7.89. The number of sulfonamides is 1. The van der Waals surface area contributed by atoms with Gasteiger partial charge in [-0.25, -0.2) is 8.42 Å². The van der Waals surface area contributed by atoms with Crippen LogP contribution < -0.4 is 15.6 Å². The van der Waals surface area contributed by atoms with Gasteiger partial charge in [-0.1, -0.05) is 6.07 Å². The number of amides is 1. The zero-order valence-electron chi connectivity index (χ0n) is 13.6. The Morgan fingerprint density at radius 3 is 2.73 bits per heavy atom. The first-order chi connectivity index (χ1) is 12.2. The van der Waals surface area contributed by atoms with E-state index in [1.54, 1.807) is 0 Å². The minimum atomic E-state index is -4.07. The molecular weight excluding hydrogens is 383 g/mol. The number of carbonyl (C=O) groups is 1. The average molecular weight is 397 g/mol. The molecule has 1 unspecified atom stereocenters. The zero-order chi connectivity index (χ0) is 19.1. The fourth-order valence-electron chi connectivity index (χ4n) is 2.98. The molecule has 1 aliphatic heterocycles. The van der Waals surface area contributed by atoms with Gasteiger partial charge in [0, 0.05) is 30.1 Å². The molecule has 2 aromatic carbocycles. The van der Waals surface area contributed by atoms with Crippen LogP contribution in [0.4, 0.5) is 16.2 Å². The molecule has 0 radical (unpaired) electrons. The van der Waals surface area contributed by atoms with Gasteiger partial charge >= 0.3 is 0 Å². The van der Waals surface area contributed by atoms with E-state index in [2.05, 4.69) is 5.32 Å². The van der Waals surface area contributed by atoms with E-state index in [1.165, 1.54) is 24.3 Å². The third kappa shape index (κ3) is 3.20. The first kappa shape index (κ1) is 18.4. The Balaban J connectivity index is 2.21. The summed E-state index contributed by atoms with van der Waals surface area (Å²) in [5.41, 5.74) is 3.24. The number of nitrogens with one attached hydrogen (secondary N) is 3. The lowest BCUT2D eigenvalue weighted by atomic mass is 9.95. The van der Waals surface area contributed by atoms with Crippen LogP contribution in [-0.2, 0) is 10.0 Å². The van der Waals surface area contributed by atoms with Crippen LogP contribution in [0.15, 0.2) is 29.2 Å². The van der Waals surface area contributed by atoms with Crippen LogP contribution in [0.25, 0.3) is 10.8 Å². The minimum absolute atomic E-state index is 0.0325. The van der Waals surface area contributed by atoms with E-state index < -0.39 is 20.8 Å². The standard InChI is InChI=1S/C14H14BClN4O5S/c15-14(21)18-19-26(24,25)8-1-2-9-10(3-8)12(20(22)23)4-11-13(9)7(5-16)6-17-11/h1-4,7,17,19H,5-6,15H2,(H,18,21). The van der Waals surface area contributed by atoms with Crippen molar-refractivity contribution in [1.82, 2.24) is 10.3 Å². The maximum absolute atomic E-state index is 12.3. The van der Waals surface area contributed by atoms with Crippen molar-refractivity contribution in [2.45, 2.75) is 10.8 Å². The molecule has 136 valence electrons. The van der Waals surface area contributed by atoms with Gasteiger partial charge in [0.25, 0.3) is 15.7 Å². The lowest BCUT2D eigenvalue weighted by molar-refractivity contribution is -0.383. The Morgan fingerprint density at radius 1 is 1.38 bits per heavy atom. The molecule has 0 fully saturated rings. The van der Waals surface area contributed by atoms with E-state index in [4.69, 9.17) is 11.6 Å². The number of anilines is 1. The van der Waals surface area contributed by atoms with E-state index in [0.29, 0.717) is 23.5 Å². The van der Waals surface area contributed by atoms with Crippen LogP contribution in [0.3, 0.4) is 0 Å². The first-order valence-corrected chi connectivity index (χ1v) is 9.59. The smallest absolute Gasteiger partial charge is 0.279 e. The molecule has 0 saturated heterocycles. The second-order valence-electron chi connectivity index (χ2n) is 5.84. The molecule has 3 N–H and O–H groups in total. The summed E-state index contributed by atoms with van der Waals surface area (Å²) in [6, 6.07) is 5.47. The predicted octanol–water partition coefficient (Wildman–Crippen LogP) is 1.03. The van der Waals surface area contributed by atoms with Crippen LogP contribution in [-0.4, -0.2) is 39.4 Å². The molecule has 9 nitrogen and oxygen atoms in total. The van der Waals surface area contributed by atoms with E-state index >= 15 is 0 Å². The quantitative estimate of drug-likeness (QED) is 0.299. The highest BCUT2D eigenvalue weighted by Crippen LogP contribution is 2.42. The molecule has 1 heterocycles. The molecule has 1 aliphatic rings. The Morgan fingerprint density at radius 2 is 2.12 bits per heavy atom. The number of hydrogen-bond donors (Lipinski definition) is 3. The second-order valence-corrected chi connectivity index (χ2v) is 7.83. The van der Waals surface area contributed by atoms with Crippen molar-refractivity contribution >= 4 is 57.4 Å². The molecule has 1 atom stereocenters. The van der Waals surface area contributed by atoms with Crippen LogP contribution in [0.2, 0.25) is 0 Å². The van der Waals surface area contributed by atoms with E-state index in [0.717, 1.165) is 13.4 Å². The number of fused-ring (bicyclic) bond motifs is 3. The lowest BCUT2D eigenvalue weighted by Gasteiger charge is -2.12. The van der Waals surface area contributed by atoms with E-state index in [9.17, 15) is 23.3 Å². The third-order valence-corrected chi connectivity index (χ3v) is 5.75. The summed E-state index contributed by atoms with van der Waals surface area (Å²) in [6.45, 7) is 0.555. The first-order valence-electron chi connectivity index (χ1n) is 7.58. The molecule has 1 amide bonds. The van der Waals surface area contributed by atoms with E-state index in [-0.39, 0.29) is 21.9 Å². The van der Waals surface area contributed by atoms with Crippen molar-refractivity contribution in [2.24, 2.45) is 0 Å².